The number of benzene rings is 2. The smallest absolute Gasteiger partial charge is 0.360 e. The number of hydrogen-bond acceptors (Lipinski definition) is 8. The molecule has 4 heterocycles. The molecule has 0 aliphatic carbocycles. The molecular weight excluding hydrogens is 428 g/mol. The number of fused-ring (bicyclic) bond motifs is 5. The molecule has 6 rings (SSSR count). The third-order valence-corrected chi connectivity index (χ3v) is 6.22. The number of para-hydroxylation sites is 1. The molecule has 0 fully saturated rings. The van der Waals surface area contributed by atoms with E-state index in [2.05, 4.69) is 10.3 Å². The average Bonchev–Trinajstić information content (AvgIpc) is 3.59. The molecule has 3 aliphatic heterocycles. The van der Waals surface area contributed by atoms with E-state index in [9.17, 15) is 9.59 Å². The average molecular weight is 448 g/mol. The van der Waals surface area contributed by atoms with Gasteiger partial charge in [0.25, 0.3) is 0 Å². The minimum absolute atomic E-state index is 0.0768. The van der Waals surface area contributed by atoms with E-state index in [1.807, 2.05) is 30.3 Å². The molecule has 0 bridgehead atoms. The lowest BCUT2D eigenvalue weighted by atomic mass is 9.77. The van der Waals surface area contributed by atoms with E-state index in [-0.39, 0.29) is 31.6 Å². The fraction of sp³-hybridized carbons (Fsp3) is 0.304. The summed E-state index contributed by atoms with van der Waals surface area (Å²) < 4.78 is 23.5. The number of esters is 1. The van der Waals surface area contributed by atoms with Gasteiger partial charge in [0.05, 0.1) is 19.3 Å². The second-order valence-electron chi connectivity index (χ2n) is 7.96. The van der Waals surface area contributed by atoms with E-state index in [0.717, 1.165) is 16.8 Å². The minimum Gasteiger partial charge on any atom is -0.491 e. The van der Waals surface area contributed by atoms with Gasteiger partial charge in [0.15, 0.2) is 17.2 Å². The summed E-state index contributed by atoms with van der Waals surface area (Å²) in [6.45, 7) is 3.05. The van der Waals surface area contributed by atoms with Crippen molar-refractivity contribution in [3.63, 3.8) is 0 Å². The standard InChI is InChI=1S/C23H20N4O6/c1-2-30-21(28)16-11-26(25-24-16)7-8-27-17-6-4-3-5-14(17)23(22(27)29)12-31-18-10-20-19(9-15(18)23)32-13-33-20/h3-6,9-11H,2,7-8,12-13H2,1H3. The van der Waals surface area contributed by atoms with E-state index in [1.54, 1.807) is 17.9 Å². The van der Waals surface area contributed by atoms with Crippen LogP contribution in [-0.2, 0) is 21.5 Å². The lowest BCUT2D eigenvalue weighted by Gasteiger charge is -2.23. The number of carbonyl (C=O) groups is 2. The highest BCUT2D eigenvalue weighted by molar-refractivity contribution is 6.11. The minimum atomic E-state index is -0.953. The maximum absolute atomic E-state index is 13.9. The first-order valence-electron chi connectivity index (χ1n) is 10.7. The van der Waals surface area contributed by atoms with Crippen LogP contribution in [0.4, 0.5) is 5.69 Å². The van der Waals surface area contributed by atoms with Gasteiger partial charge in [0, 0.05) is 23.9 Å². The zero-order chi connectivity index (χ0) is 22.6. The van der Waals surface area contributed by atoms with Crippen molar-refractivity contribution in [1.82, 2.24) is 15.0 Å². The monoisotopic (exact) mass is 448 g/mol. The number of ether oxygens (including phenoxy) is 4. The van der Waals surface area contributed by atoms with Crippen LogP contribution in [-0.4, -0.2) is 53.4 Å². The Morgan fingerprint density at radius 2 is 1.91 bits per heavy atom. The van der Waals surface area contributed by atoms with Crippen molar-refractivity contribution in [2.24, 2.45) is 0 Å². The van der Waals surface area contributed by atoms with Crippen molar-refractivity contribution in [2.45, 2.75) is 18.9 Å². The molecule has 10 heteroatoms. The molecule has 2 aromatic carbocycles. The van der Waals surface area contributed by atoms with Gasteiger partial charge in [-0.1, -0.05) is 23.4 Å². The number of anilines is 1. The summed E-state index contributed by atoms with van der Waals surface area (Å²) in [5.74, 6) is 1.25. The Bertz CT molecular complexity index is 1290. The number of hydrogen-bond donors (Lipinski definition) is 0. The first-order valence-corrected chi connectivity index (χ1v) is 10.7. The summed E-state index contributed by atoms with van der Waals surface area (Å²) in [5, 5.41) is 7.86. The number of aromatic nitrogens is 3. The van der Waals surface area contributed by atoms with E-state index in [4.69, 9.17) is 18.9 Å². The Hall–Kier alpha value is -4.08. The van der Waals surface area contributed by atoms with Crippen molar-refractivity contribution in [3.05, 3.63) is 59.4 Å². The molecule has 3 aromatic rings. The van der Waals surface area contributed by atoms with Gasteiger partial charge in [-0.05, 0) is 24.6 Å². The van der Waals surface area contributed by atoms with Gasteiger partial charge in [0.2, 0.25) is 12.7 Å². The summed E-state index contributed by atoms with van der Waals surface area (Å²) >= 11 is 0. The molecule has 168 valence electrons. The van der Waals surface area contributed by atoms with Crippen LogP contribution in [0.2, 0.25) is 0 Å². The Balaban J connectivity index is 1.32. The Morgan fingerprint density at radius 3 is 2.76 bits per heavy atom. The van der Waals surface area contributed by atoms with Gasteiger partial charge in [-0.25, -0.2) is 9.48 Å². The molecular formula is C23H20N4O6. The van der Waals surface area contributed by atoms with Crippen LogP contribution >= 0.6 is 0 Å². The van der Waals surface area contributed by atoms with E-state index in [1.165, 1.54) is 10.9 Å². The number of amides is 1. The third-order valence-electron chi connectivity index (χ3n) is 6.22. The molecule has 0 N–H and O–H groups in total. The van der Waals surface area contributed by atoms with Crippen LogP contribution in [0.15, 0.2) is 42.6 Å². The van der Waals surface area contributed by atoms with Crippen LogP contribution in [0, 0.1) is 0 Å². The highest BCUT2D eigenvalue weighted by atomic mass is 16.7. The number of nitrogens with zero attached hydrogens (tertiary/aromatic N) is 4. The highest BCUT2D eigenvalue weighted by Crippen LogP contribution is 2.54. The Morgan fingerprint density at radius 1 is 1.09 bits per heavy atom. The summed E-state index contributed by atoms with van der Waals surface area (Å²) in [4.78, 5) is 27.5. The van der Waals surface area contributed by atoms with E-state index >= 15 is 0 Å². The zero-order valence-corrected chi connectivity index (χ0v) is 17.8. The van der Waals surface area contributed by atoms with Gasteiger partial charge in [-0.15, -0.1) is 5.10 Å². The van der Waals surface area contributed by atoms with Gasteiger partial charge in [-0.3, -0.25) is 4.79 Å². The van der Waals surface area contributed by atoms with Crippen molar-refractivity contribution in [1.29, 1.82) is 0 Å². The predicted molar refractivity (Wildman–Crippen MR) is 114 cm³/mol. The fourth-order valence-electron chi connectivity index (χ4n) is 4.70. The van der Waals surface area contributed by atoms with Crippen LogP contribution in [0.3, 0.4) is 0 Å². The van der Waals surface area contributed by atoms with Crippen LogP contribution in [0.25, 0.3) is 0 Å². The largest absolute Gasteiger partial charge is 0.491 e. The molecule has 1 spiro atoms. The second-order valence-corrected chi connectivity index (χ2v) is 7.96. The molecule has 1 aromatic heterocycles. The quantitative estimate of drug-likeness (QED) is 0.545. The van der Waals surface area contributed by atoms with Crippen LogP contribution in [0.5, 0.6) is 17.2 Å². The maximum Gasteiger partial charge on any atom is 0.360 e. The molecule has 3 aliphatic rings. The zero-order valence-electron chi connectivity index (χ0n) is 17.8. The first-order chi connectivity index (χ1) is 16.1. The number of rotatable bonds is 5. The summed E-state index contributed by atoms with van der Waals surface area (Å²) in [6, 6.07) is 11.4. The highest BCUT2D eigenvalue weighted by Gasteiger charge is 2.57. The second kappa shape index (κ2) is 7.22. The molecule has 0 saturated carbocycles. The number of carbonyl (C=O) groups excluding carboxylic acids is 2. The van der Waals surface area contributed by atoms with Crippen molar-refractivity contribution in [3.8, 4) is 17.2 Å². The summed E-state index contributed by atoms with van der Waals surface area (Å²) in [7, 11) is 0. The van der Waals surface area contributed by atoms with Crippen LogP contribution in [0.1, 0.15) is 28.5 Å². The molecule has 1 unspecified atom stereocenters. The van der Waals surface area contributed by atoms with Crippen molar-refractivity contribution < 1.29 is 28.5 Å². The van der Waals surface area contributed by atoms with Gasteiger partial charge < -0.3 is 23.8 Å². The maximum atomic E-state index is 13.9. The predicted octanol–water partition coefficient (Wildman–Crippen LogP) is 1.91. The van der Waals surface area contributed by atoms with Crippen molar-refractivity contribution >= 4 is 17.6 Å². The molecule has 10 nitrogen and oxygen atoms in total. The van der Waals surface area contributed by atoms with Gasteiger partial charge in [-0.2, -0.15) is 0 Å². The first kappa shape index (κ1) is 19.6. The van der Waals surface area contributed by atoms with Crippen molar-refractivity contribution in [2.75, 3.05) is 31.5 Å². The molecule has 1 atom stereocenters. The molecule has 0 radical (unpaired) electrons. The van der Waals surface area contributed by atoms with E-state index in [0.29, 0.717) is 30.3 Å². The molecule has 1 amide bonds. The Kier molecular flexibility index (Phi) is 4.29. The lowest BCUT2D eigenvalue weighted by molar-refractivity contribution is -0.122. The fourth-order valence-corrected chi connectivity index (χ4v) is 4.70. The Labute approximate surface area is 188 Å². The molecule has 0 saturated heterocycles. The SMILES string of the molecule is CCOC(=O)c1cn(CCN2C(=O)C3(COc4cc5c(cc43)OCO5)c3ccccc32)nn1. The lowest BCUT2D eigenvalue weighted by Crippen LogP contribution is -2.43. The third kappa shape index (κ3) is 2.80. The van der Waals surface area contributed by atoms with Crippen LogP contribution < -0.4 is 19.1 Å². The van der Waals surface area contributed by atoms with Gasteiger partial charge >= 0.3 is 5.97 Å². The topological polar surface area (TPSA) is 105 Å². The van der Waals surface area contributed by atoms with E-state index < -0.39 is 11.4 Å². The molecule has 33 heavy (non-hydrogen) atoms. The summed E-state index contributed by atoms with van der Waals surface area (Å²) in [5.41, 5.74) is 1.67. The van der Waals surface area contributed by atoms with Gasteiger partial charge in [0.1, 0.15) is 17.8 Å². The normalized spacial score (nSPS) is 19.5. The summed E-state index contributed by atoms with van der Waals surface area (Å²) in [6.07, 6.45) is 1.52.